The molecule has 1 amide bonds. The highest BCUT2D eigenvalue weighted by atomic mass is 35.5. The minimum atomic E-state index is 0.248. The van der Waals surface area contributed by atoms with Crippen LogP contribution in [0.15, 0.2) is 6.07 Å². The molecule has 0 N–H and O–H groups in total. The van der Waals surface area contributed by atoms with Crippen molar-refractivity contribution in [1.29, 1.82) is 0 Å². The van der Waals surface area contributed by atoms with Crippen LogP contribution in [0.1, 0.15) is 42.6 Å². The number of halogens is 1. The molecule has 20 heavy (non-hydrogen) atoms. The summed E-state index contributed by atoms with van der Waals surface area (Å²) in [6, 6.07) is 1.83. The lowest BCUT2D eigenvalue weighted by Crippen LogP contribution is -2.33. The van der Waals surface area contributed by atoms with E-state index < -0.39 is 0 Å². The van der Waals surface area contributed by atoms with Crippen molar-refractivity contribution in [2.45, 2.75) is 31.1 Å². The second-order valence-corrected chi connectivity index (χ2v) is 5.86. The number of likely N-dealkylation sites (tertiary alicyclic amines) is 1. The average Bonchev–Trinajstić information content (AvgIpc) is 3.01. The van der Waals surface area contributed by atoms with Gasteiger partial charge in [-0.25, -0.2) is 9.97 Å². The summed E-state index contributed by atoms with van der Waals surface area (Å²) in [7, 11) is 0. The summed E-state index contributed by atoms with van der Waals surface area (Å²) in [5.41, 5.74) is 0.957. The van der Waals surface area contributed by atoms with Crippen molar-refractivity contribution in [3.05, 3.63) is 22.7 Å². The lowest BCUT2D eigenvalue weighted by Gasteiger charge is -2.29. The average molecular weight is 296 g/mol. The van der Waals surface area contributed by atoms with E-state index in [1.807, 2.05) is 11.0 Å². The Labute approximate surface area is 123 Å². The third-order valence-corrected chi connectivity index (χ3v) is 4.24. The van der Waals surface area contributed by atoms with Crippen LogP contribution in [0, 0.1) is 0 Å². The van der Waals surface area contributed by atoms with Crippen molar-refractivity contribution in [2.75, 3.05) is 26.3 Å². The minimum Gasteiger partial charge on any atom is -0.381 e. The largest absolute Gasteiger partial charge is 0.381 e. The van der Waals surface area contributed by atoms with Gasteiger partial charge in [-0.2, -0.15) is 0 Å². The molecule has 2 unspecified atom stereocenters. The number of hydrogen-bond acceptors (Lipinski definition) is 4. The van der Waals surface area contributed by atoms with Crippen LogP contribution in [-0.2, 0) is 9.53 Å². The smallest absolute Gasteiger partial charge is 0.209 e. The zero-order valence-electron chi connectivity index (χ0n) is 11.3. The first kappa shape index (κ1) is 13.8. The van der Waals surface area contributed by atoms with E-state index in [-0.39, 0.29) is 11.8 Å². The van der Waals surface area contributed by atoms with Crippen LogP contribution in [0.5, 0.6) is 0 Å². The number of nitrogens with zero attached hydrogens (tertiary/aromatic N) is 3. The van der Waals surface area contributed by atoms with Gasteiger partial charge >= 0.3 is 0 Å². The standard InChI is InChI=1S/C14H18ClN3O2/c15-13-6-12(10-2-1-4-18(7-10)9-19)16-14(17-13)11-3-5-20-8-11/h6,9-11H,1-5,7-8H2. The molecule has 0 bridgehead atoms. The molecule has 2 fully saturated rings. The van der Waals surface area contributed by atoms with Gasteiger partial charge in [0.2, 0.25) is 6.41 Å². The Hall–Kier alpha value is -1.20. The Morgan fingerprint density at radius 2 is 2.25 bits per heavy atom. The number of aromatic nitrogens is 2. The monoisotopic (exact) mass is 295 g/mol. The molecule has 2 aliphatic heterocycles. The fourth-order valence-electron chi connectivity index (χ4n) is 2.93. The molecule has 0 radical (unpaired) electrons. The first-order valence-corrected chi connectivity index (χ1v) is 7.45. The van der Waals surface area contributed by atoms with E-state index in [1.54, 1.807) is 0 Å². The molecule has 1 aromatic heterocycles. The Morgan fingerprint density at radius 1 is 1.35 bits per heavy atom. The number of carbonyl (C=O) groups is 1. The highest BCUT2D eigenvalue weighted by molar-refractivity contribution is 6.29. The molecule has 6 heteroatoms. The van der Waals surface area contributed by atoms with E-state index >= 15 is 0 Å². The molecule has 108 valence electrons. The zero-order valence-corrected chi connectivity index (χ0v) is 12.1. The Bertz CT molecular complexity index is 491. The van der Waals surface area contributed by atoms with E-state index in [0.717, 1.165) is 56.9 Å². The third-order valence-electron chi connectivity index (χ3n) is 4.05. The number of amides is 1. The van der Waals surface area contributed by atoms with Gasteiger partial charge in [0.05, 0.1) is 12.3 Å². The maximum absolute atomic E-state index is 10.9. The maximum atomic E-state index is 10.9. The number of carbonyl (C=O) groups excluding carboxylic acids is 1. The van der Waals surface area contributed by atoms with Gasteiger partial charge < -0.3 is 9.64 Å². The molecule has 3 heterocycles. The number of ether oxygens (including phenoxy) is 1. The lowest BCUT2D eigenvalue weighted by atomic mass is 9.94. The molecule has 3 rings (SSSR count). The van der Waals surface area contributed by atoms with Crippen molar-refractivity contribution < 1.29 is 9.53 Å². The topological polar surface area (TPSA) is 55.3 Å². The summed E-state index contributed by atoms with van der Waals surface area (Å²) in [6.07, 6.45) is 3.91. The van der Waals surface area contributed by atoms with Crippen molar-refractivity contribution in [1.82, 2.24) is 14.9 Å². The first-order chi connectivity index (χ1) is 9.76. The van der Waals surface area contributed by atoms with Crippen LogP contribution in [0.3, 0.4) is 0 Å². The normalized spacial score (nSPS) is 26.8. The van der Waals surface area contributed by atoms with Crippen LogP contribution in [-0.4, -0.2) is 47.6 Å². The number of piperidine rings is 1. The molecule has 1 aromatic rings. The molecule has 0 aliphatic carbocycles. The van der Waals surface area contributed by atoms with E-state index in [4.69, 9.17) is 16.3 Å². The molecule has 0 saturated carbocycles. The van der Waals surface area contributed by atoms with Crippen LogP contribution in [0.25, 0.3) is 0 Å². The summed E-state index contributed by atoms with van der Waals surface area (Å²) >= 11 is 6.14. The molecule has 2 aliphatic rings. The maximum Gasteiger partial charge on any atom is 0.209 e. The molecule has 2 atom stereocenters. The quantitative estimate of drug-likeness (QED) is 0.632. The Kier molecular flexibility index (Phi) is 4.17. The summed E-state index contributed by atoms with van der Waals surface area (Å²) in [6.45, 7) is 2.99. The molecular formula is C14H18ClN3O2. The Morgan fingerprint density at radius 3 is 3.00 bits per heavy atom. The van der Waals surface area contributed by atoms with Gasteiger partial charge in [-0.15, -0.1) is 0 Å². The highest BCUT2D eigenvalue weighted by Crippen LogP contribution is 2.29. The van der Waals surface area contributed by atoms with Crippen molar-refractivity contribution in [3.63, 3.8) is 0 Å². The fourth-order valence-corrected chi connectivity index (χ4v) is 3.13. The van der Waals surface area contributed by atoms with Crippen molar-refractivity contribution in [2.24, 2.45) is 0 Å². The SMILES string of the molecule is O=CN1CCCC(c2cc(Cl)nc(C3CCOC3)n2)C1. The van der Waals surface area contributed by atoms with E-state index in [9.17, 15) is 4.79 Å². The van der Waals surface area contributed by atoms with Crippen LogP contribution >= 0.6 is 11.6 Å². The van der Waals surface area contributed by atoms with Gasteiger partial charge in [0.1, 0.15) is 11.0 Å². The predicted molar refractivity (Wildman–Crippen MR) is 74.8 cm³/mol. The lowest BCUT2D eigenvalue weighted by molar-refractivity contribution is -0.119. The molecule has 5 nitrogen and oxygen atoms in total. The van der Waals surface area contributed by atoms with Gasteiger partial charge in [0.25, 0.3) is 0 Å². The van der Waals surface area contributed by atoms with Gasteiger partial charge in [-0.1, -0.05) is 11.6 Å². The van der Waals surface area contributed by atoms with Gasteiger partial charge in [0, 0.05) is 31.5 Å². The summed E-state index contributed by atoms with van der Waals surface area (Å²) in [5, 5.41) is 0.486. The second kappa shape index (κ2) is 6.06. The third kappa shape index (κ3) is 2.94. The minimum absolute atomic E-state index is 0.248. The van der Waals surface area contributed by atoms with Crippen LogP contribution in [0.2, 0.25) is 5.15 Å². The van der Waals surface area contributed by atoms with Gasteiger partial charge in [-0.3, -0.25) is 4.79 Å². The fraction of sp³-hybridized carbons (Fsp3) is 0.643. The summed E-state index contributed by atoms with van der Waals surface area (Å²) in [4.78, 5) is 21.8. The molecule has 2 saturated heterocycles. The predicted octanol–water partition coefficient (Wildman–Crippen LogP) is 1.97. The zero-order chi connectivity index (χ0) is 13.9. The first-order valence-electron chi connectivity index (χ1n) is 7.07. The molecule has 0 spiro atoms. The van der Waals surface area contributed by atoms with Crippen LogP contribution < -0.4 is 0 Å². The van der Waals surface area contributed by atoms with Gasteiger partial charge in [-0.05, 0) is 25.3 Å². The summed E-state index contributed by atoms with van der Waals surface area (Å²) < 4.78 is 5.39. The van der Waals surface area contributed by atoms with E-state index in [0.29, 0.717) is 11.8 Å². The van der Waals surface area contributed by atoms with Crippen molar-refractivity contribution in [3.8, 4) is 0 Å². The summed E-state index contributed by atoms with van der Waals surface area (Å²) in [5.74, 6) is 1.29. The molecule has 0 aromatic carbocycles. The van der Waals surface area contributed by atoms with E-state index in [1.165, 1.54) is 0 Å². The Balaban J connectivity index is 1.83. The number of rotatable bonds is 3. The van der Waals surface area contributed by atoms with Crippen LogP contribution in [0.4, 0.5) is 0 Å². The molecular weight excluding hydrogens is 278 g/mol. The number of hydrogen-bond donors (Lipinski definition) is 0. The van der Waals surface area contributed by atoms with Gasteiger partial charge in [0.15, 0.2) is 0 Å². The van der Waals surface area contributed by atoms with Crippen molar-refractivity contribution >= 4 is 18.0 Å². The second-order valence-electron chi connectivity index (χ2n) is 5.47. The highest BCUT2D eigenvalue weighted by Gasteiger charge is 2.25. The van der Waals surface area contributed by atoms with E-state index in [2.05, 4.69) is 9.97 Å².